The number of likely N-dealkylation sites (N-methyl/N-ethyl adjacent to an activating group) is 1. The molecule has 4 nitrogen and oxygen atoms in total. The molecule has 0 spiro atoms. The topological polar surface area (TPSA) is 41.6 Å². The minimum atomic E-state index is 0. The predicted octanol–water partition coefficient (Wildman–Crippen LogP) is 1.95. The minimum absolute atomic E-state index is 0. The zero-order valence-corrected chi connectivity index (χ0v) is 12.7. The van der Waals surface area contributed by atoms with Crippen LogP contribution in [0.2, 0.25) is 0 Å². The highest BCUT2D eigenvalue weighted by Crippen LogP contribution is 2.19. The Hall–Kier alpha value is -1.26. The maximum atomic E-state index is 11.7. The van der Waals surface area contributed by atoms with Gasteiger partial charge in [-0.2, -0.15) is 0 Å². The third-order valence-corrected chi connectivity index (χ3v) is 3.52. The van der Waals surface area contributed by atoms with Gasteiger partial charge in [0.2, 0.25) is 5.91 Å². The third kappa shape index (κ3) is 5.02. The summed E-state index contributed by atoms with van der Waals surface area (Å²) in [5.41, 5.74) is 0. The van der Waals surface area contributed by atoms with E-state index in [0.29, 0.717) is 12.5 Å². The predicted molar refractivity (Wildman–Crippen MR) is 82.4 cm³/mol. The van der Waals surface area contributed by atoms with Crippen molar-refractivity contribution in [2.75, 3.05) is 33.3 Å². The molecule has 20 heavy (non-hydrogen) atoms. The number of hydrogen-bond donors (Lipinski definition) is 1. The number of benzene rings is 1. The van der Waals surface area contributed by atoms with Crippen LogP contribution in [0, 0.1) is 5.92 Å². The van der Waals surface area contributed by atoms with E-state index < -0.39 is 0 Å². The zero-order chi connectivity index (χ0) is 13.5. The zero-order valence-electron chi connectivity index (χ0n) is 11.9. The summed E-state index contributed by atoms with van der Waals surface area (Å²) < 4.78 is 5.77. The van der Waals surface area contributed by atoms with E-state index in [1.165, 1.54) is 0 Å². The lowest BCUT2D eigenvalue weighted by Gasteiger charge is -2.31. The highest BCUT2D eigenvalue weighted by atomic mass is 35.5. The Labute approximate surface area is 126 Å². The molecule has 1 fully saturated rings. The summed E-state index contributed by atoms with van der Waals surface area (Å²) in [5.74, 6) is 1.68. The average Bonchev–Trinajstić information content (AvgIpc) is 2.47. The van der Waals surface area contributed by atoms with Crippen molar-refractivity contribution in [1.82, 2.24) is 10.2 Å². The van der Waals surface area contributed by atoms with Crippen LogP contribution in [0.3, 0.4) is 0 Å². The SMILES string of the molecule is CNCC(=O)N1CCC(COc2ccccc2)CC1.Cl. The first-order valence-electron chi connectivity index (χ1n) is 6.90. The van der Waals surface area contributed by atoms with Gasteiger partial charge in [0.1, 0.15) is 5.75 Å². The molecule has 1 aromatic rings. The van der Waals surface area contributed by atoms with E-state index >= 15 is 0 Å². The van der Waals surface area contributed by atoms with E-state index in [2.05, 4.69) is 5.32 Å². The molecular formula is C15H23ClN2O2. The minimum Gasteiger partial charge on any atom is -0.493 e. The van der Waals surface area contributed by atoms with Crippen molar-refractivity contribution < 1.29 is 9.53 Å². The number of nitrogens with zero attached hydrogens (tertiary/aromatic N) is 1. The van der Waals surface area contributed by atoms with Crippen LogP contribution < -0.4 is 10.1 Å². The number of rotatable bonds is 5. The Balaban J connectivity index is 0.00000200. The molecule has 0 aliphatic carbocycles. The molecule has 112 valence electrons. The number of carbonyl (C=O) groups is 1. The molecule has 1 heterocycles. The molecule has 0 radical (unpaired) electrons. The maximum Gasteiger partial charge on any atom is 0.236 e. The van der Waals surface area contributed by atoms with E-state index in [0.717, 1.165) is 38.3 Å². The van der Waals surface area contributed by atoms with Gasteiger partial charge >= 0.3 is 0 Å². The molecule has 1 saturated heterocycles. The van der Waals surface area contributed by atoms with E-state index in [1.807, 2.05) is 35.2 Å². The van der Waals surface area contributed by atoms with Gasteiger partial charge in [0.25, 0.3) is 0 Å². The van der Waals surface area contributed by atoms with E-state index in [1.54, 1.807) is 7.05 Å². The Kier molecular flexibility index (Phi) is 7.41. The number of hydrogen-bond acceptors (Lipinski definition) is 3. The lowest BCUT2D eigenvalue weighted by atomic mass is 9.98. The Bertz CT molecular complexity index is 392. The normalized spacial score (nSPS) is 15.6. The van der Waals surface area contributed by atoms with Crippen molar-refractivity contribution in [3.63, 3.8) is 0 Å². The third-order valence-electron chi connectivity index (χ3n) is 3.52. The fourth-order valence-corrected chi connectivity index (χ4v) is 2.34. The van der Waals surface area contributed by atoms with Crippen LogP contribution in [0.15, 0.2) is 30.3 Å². The Morgan fingerprint density at radius 1 is 1.30 bits per heavy atom. The number of likely N-dealkylation sites (tertiary alicyclic amines) is 1. The van der Waals surface area contributed by atoms with Gasteiger partial charge in [0.05, 0.1) is 13.2 Å². The molecule has 0 unspecified atom stereocenters. The van der Waals surface area contributed by atoms with Gasteiger partial charge in [-0.15, -0.1) is 12.4 Å². The molecule has 1 aromatic carbocycles. The summed E-state index contributed by atoms with van der Waals surface area (Å²) in [6.07, 6.45) is 2.06. The number of carbonyl (C=O) groups excluding carboxylic acids is 1. The lowest BCUT2D eigenvalue weighted by Crippen LogP contribution is -2.43. The number of halogens is 1. The summed E-state index contributed by atoms with van der Waals surface area (Å²) in [6.45, 7) is 2.88. The second kappa shape index (κ2) is 8.82. The monoisotopic (exact) mass is 298 g/mol. The molecule has 5 heteroatoms. The fourth-order valence-electron chi connectivity index (χ4n) is 2.34. The lowest BCUT2D eigenvalue weighted by molar-refractivity contribution is -0.131. The summed E-state index contributed by atoms with van der Waals surface area (Å²) in [4.78, 5) is 13.7. The smallest absolute Gasteiger partial charge is 0.236 e. The number of amides is 1. The first kappa shape index (κ1) is 16.8. The van der Waals surface area contributed by atoms with Gasteiger partial charge in [-0.1, -0.05) is 18.2 Å². The largest absolute Gasteiger partial charge is 0.493 e. The van der Waals surface area contributed by atoms with Gasteiger partial charge in [0, 0.05) is 13.1 Å². The molecule has 0 saturated carbocycles. The highest BCUT2D eigenvalue weighted by molar-refractivity contribution is 5.85. The van der Waals surface area contributed by atoms with Crippen LogP contribution in [0.1, 0.15) is 12.8 Å². The Morgan fingerprint density at radius 3 is 2.55 bits per heavy atom. The van der Waals surface area contributed by atoms with Gasteiger partial charge in [0.15, 0.2) is 0 Å². The standard InChI is InChI=1S/C15H22N2O2.ClH/c1-16-11-15(18)17-9-7-13(8-10-17)12-19-14-5-3-2-4-6-14;/h2-6,13,16H,7-12H2,1H3;1H. The van der Waals surface area contributed by atoms with Crippen molar-refractivity contribution in [1.29, 1.82) is 0 Å². The van der Waals surface area contributed by atoms with Crippen LogP contribution in [-0.4, -0.2) is 44.1 Å². The van der Waals surface area contributed by atoms with Crippen molar-refractivity contribution in [3.8, 4) is 5.75 Å². The molecule has 1 amide bonds. The van der Waals surface area contributed by atoms with E-state index in [4.69, 9.17) is 4.74 Å². The molecular weight excluding hydrogens is 276 g/mol. The van der Waals surface area contributed by atoms with Gasteiger partial charge in [-0.05, 0) is 37.9 Å². The van der Waals surface area contributed by atoms with Gasteiger partial charge in [-0.3, -0.25) is 4.79 Å². The maximum absolute atomic E-state index is 11.7. The van der Waals surface area contributed by atoms with Gasteiger partial charge in [-0.25, -0.2) is 0 Å². The van der Waals surface area contributed by atoms with Crippen molar-refractivity contribution in [2.45, 2.75) is 12.8 Å². The van der Waals surface area contributed by atoms with Crippen LogP contribution in [-0.2, 0) is 4.79 Å². The quantitative estimate of drug-likeness (QED) is 0.903. The van der Waals surface area contributed by atoms with Crippen molar-refractivity contribution in [3.05, 3.63) is 30.3 Å². The summed E-state index contributed by atoms with van der Waals surface area (Å²) in [7, 11) is 1.80. The summed E-state index contributed by atoms with van der Waals surface area (Å²) in [6, 6.07) is 9.90. The molecule has 1 aliphatic rings. The van der Waals surface area contributed by atoms with Crippen LogP contribution in [0.5, 0.6) is 5.75 Å². The number of nitrogens with one attached hydrogen (secondary N) is 1. The van der Waals surface area contributed by atoms with Crippen LogP contribution >= 0.6 is 12.4 Å². The van der Waals surface area contributed by atoms with Crippen LogP contribution in [0.4, 0.5) is 0 Å². The highest BCUT2D eigenvalue weighted by Gasteiger charge is 2.22. The number of para-hydroxylation sites is 1. The molecule has 1 N–H and O–H groups in total. The first-order valence-corrected chi connectivity index (χ1v) is 6.90. The first-order chi connectivity index (χ1) is 9.29. The number of ether oxygens (including phenoxy) is 1. The molecule has 0 bridgehead atoms. The van der Waals surface area contributed by atoms with Crippen molar-refractivity contribution >= 4 is 18.3 Å². The van der Waals surface area contributed by atoms with Crippen molar-refractivity contribution in [2.24, 2.45) is 5.92 Å². The molecule has 2 rings (SSSR count). The second-order valence-electron chi connectivity index (χ2n) is 4.98. The Morgan fingerprint density at radius 2 is 1.95 bits per heavy atom. The van der Waals surface area contributed by atoms with Crippen LogP contribution in [0.25, 0.3) is 0 Å². The molecule has 1 aliphatic heterocycles. The van der Waals surface area contributed by atoms with E-state index in [9.17, 15) is 4.79 Å². The molecule has 0 atom stereocenters. The second-order valence-corrected chi connectivity index (χ2v) is 4.98. The fraction of sp³-hybridized carbons (Fsp3) is 0.533. The summed E-state index contributed by atoms with van der Waals surface area (Å²) in [5, 5.41) is 2.91. The molecule has 0 aromatic heterocycles. The van der Waals surface area contributed by atoms with E-state index in [-0.39, 0.29) is 18.3 Å². The number of piperidine rings is 1. The average molecular weight is 299 g/mol. The van der Waals surface area contributed by atoms with Gasteiger partial charge < -0.3 is 15.0 Å². The summed E-state index contributed by atoms with van der Waals surface area (Å²) >= 11 is 0.